The van der Waals surface area contributed by atoms with E-state index < -0.39 is 17.6 Å². The van der Waals surface area contributed by atoms with E-state index in [4.69, 9.17) is 10.5 Å². The third-order valence-electron chi connectivity index (χ3n) is 7.31. The van der Waals surface area contributed by atoms with E-state index in [0.717, 1.165) is 44.5 Å². The van der Waals surface area contributed by atoms with Gasteiger partial charge in [-0.15, -0.1) is 0 Å². The molecule has 1 aliphatic heterocycles. The molecule has 3 aliphatic rings. The second-order valence-corrected chi connectivity index (χ2v) is 9.63. The largest absolute Gasteiger partial charge is 0.419 e. The number of rotatable bonds is 4. The first kappa shape index (κ1) is 21.7. The molecule has 0 aromatic carbocycles. The van der Waals surface area contributed by atoms with E-state index in [1.54, 1.807) is 0 Å². The second kappa shape index (κ2) is 8.02. The highest BCUT2D eigenvalue weighted by molar-refractivity contribution is 5.63. The molecule has 3 fully saturated rings. The fraction of sp³-hybridized carbons (Fsp3) is 0.652. The molecule has 0 amide bonds. The molecule has 1 saturated heterocycles. The van der Waals surface area contributed by atoms with Crippen molar-refractivity contribution in [2.75, 3.05) is 32.0 Å². The van der Waals surface area contributed by atoms with Crippen LogP contribution in [-0.2, 0) is 10.9 Å². The van der Waals surface area contributed by atoms with E-state index in [-0.39, 0.29) is 6.04 Å². The molecular weight excluding hydrogens is 419 g/mol. The second-order valence-electron chi connectivity index (χ2n) is 9.63. The fourth-order valence-electron chi connectivity index (χ4n) is 5.73. The summed E-state index contributed by atoms with van der Waals surface area (Å²) in [6.07, 6.45) is 0.281. The number of nitrogens with zero attached hydrogens (tertiary/aromatic N) is 4. The maximum Gasteiger partial charge on any atom is 0.419 e. The van der Waals surface area contributed by atoms with Crippen molar-refractivity contribution in [3.63, 3.8) is 0 Å². The monoisotopic (exact) mass is 449 g/mol. The molecule has 2 aliphatic carbocycles. The predicted molar refractivity (Wildman–Crippen MR) is 115 cm³/mol. The Morgan fingerprint density at radius 2 is 1.88 bits per heavy atom. The Bertz CT molecular complexity index is 968. The first-order valence-corrected chi connectivity index (χ1v) is 11.5. The molecule has 2 aromatic heterocycles. The Balaban J connectivity index is 1.37. The fourth-order valence-corrected chi connectivity index (χ4v) is 5.73. The lowest BCUT2D eigenvalue weighted by Gasteiger charge is -2.28. The minimum atomic E-state index is -4.54. The number of nitrogen functional groups attached to an aromatic ring is 1. The smallest absolute Gasteiger partial charge is 0.383 e. The minimum Gasteiger partial charge on any atom is -0.383 e. The van der Waals surface area contributed by atoms with Crippen LogP contribution in [0.1, 0.15) is 56.3 Å². The molecule has 0 spiro atoms. The van der Waals surface area contributed by atoms with Crippen LogP contribution in [0.15, 0.2) is 18.3 Å². The molecule has 2 N–H and O–H groups in total. The minimum absolute atomic E-state index is 0.127. The van der Waals surface area contributed by atoms with Gasteiger partial charge in [-0.1, -0.05) is 0 Å². The third-order valence-corrected chi connectivity index (χ3v) is 7.31. The summed E-state index contributed by atoms with van der Waals surface area (Å²) in [6.45, 7) is 7.89. The topological polar surface area (TPSA) is 69.2 Å². The predicted octanol–water partition coefficient (Wildman–Crippen LogP) is 4.34. The van der Waals surface area contributed by atoms with Gasteiger partial charge in [0.25, 0.3) is 0 Å². The molecule has 3 heterocycles. The van der Waals surface area contributed by atoms with Crippen LogP contribution in [0.25, 0.3) is 11.3 Å². The number of pyridine rings is 1. The summed E-state index contributed by atoms with van der Waals surface area (Å²) in [6, 6.07) is 3.77. The van der Waals surface area contributed by atoms with Crippen molar-refractivity contribution in [1.29, 1.82) is 0 Å². The molecular formula is C23H30F3N5O. The summed E-state index contributed by atoms with van der Waals surface area (Å²) in [5.41, 5.74) is 6.57. The van der Waals surface area contributed by atoms with E-state index in [1.165, 1.54) is 19.0 Å². The first-order chi connectivity index (χ1) is 15.2. The van der Waals surface area contributed by atoms with Crippen LogP contribution < -0.4 is 5.73 Å². The number of ether oxygens (including phenoxy) is 1. The van der Waals surface area contributed by atoms with Crippen LogP contribution in [0.5, 0.6) is 0 Å². The van der Waals surface area contributed by atoms with Crippen molar-refractivity contribution in [1.82, 2.24) is 19.7 Å². The highest BCUT2D eigenvalue weighted by Crippen LogP contribution is 2.64. The summed E-state index contributed by atoms with van der Waals surface area (Å²) in [4.78, 5) is 6.37. The van der Waals surface area contributed by atoms with Crippen LogP contribution >= 0.6 is 0 Å². The molecule has 6 nitrogen and oxygen atoms in total. The van der Waals surface area contributed by atoms with Crippen molar-refractivity contribution in [2.45, 2.75) is 57.3 Å². The zero-order valence-corrected chi connectivity index (χ0v) is 18.5. The van der Waals surface area contributed by atoms with Crippen LogP contribution in [0.4, 0.5) is 19.0 Å². The first-order valence-electron chi connectivity index (χ1n) is 11.5. The number of halogens is 3. The number of hydrogen-bond donors (Lipinski definition) is 1. The summed E-state index contributed by atoms with van der Waals surface area (Å²) < 4.78 is 47.5. The number of aromatic nitrogens is 3. The van der Waals surface area contributed by atoms with Gasteiger partial charge in [-0.2, -0.15) is 18.3 Å². The number of fused-ring (bicyclic) bond motifs is 1. The Kier molecular flexibility index (Phi) is 5.44. The highest BCUT2D eigenvalue weighted by atomic mass is 19.4. The van der Waals surface area contributed by atoms with E-state index in [0.29, 0.717) is 35.1 Å². The Hall–Kier alpha value is -2.13. The maximum absolute atomic E-state index is 13.3. The Labute approximate surface area is 185 Å². The van der Waals surface area contributed by atoms with Gasteiger partial charge in [-0.3, -0.25) is 9.58 Å². The quantitative estimate of drug-likeness (QED) is 0.752. The van der Waals surface area contributed by atoms with Crippen molar-refractivity contribution in [3.8, 4) is 11.3 Å². The van der Waals surface area contributed by atoms with Crippen LogP contribution in [0.2, 0.25) is 0 Å². The molecule has 5 rings (SSSR count). The molecule has 0 bridgehead atoms. The standard InChI is InChI=1S/C23H30F3N5O/c1-13(2)31-20(11-19(29-31)14-8-18(23(24,25)26)22(27)28-12-14)21-16-9-15(10-17(16)21)30-4-3-6-32-7-5-30/h8,11-13,15-17,21H,3-7,9-10H2,1-2H3,(H2,27,28)/t15-,16+,17-,21-. The number of alkyl halides is 3. The van der Waals surface area contributed by atoms with Gasteiger partial charge >= 0.3 is 6.18 Å². The average molecular weight is 450 g/mol. The molecule has 0 unspecified atom stereocenters. The van der Waals surface area contributed by atoms with Crippen LogP contribution in [0, 0.1) is 11.8 Å². The van der Waals surface area contributed by atoms with E-state index in [1.807, 2.05) is 10.7 Å². The highest BCUT2D eigenvalue weighted by Gasteiger charge is 2.58. The number of anilines is 1. The lowest BCUT2D eigenvalue weighted by molar-refractivity contribution is -0.137. The van der Waals surface area contributed by atoms with Gasteiger partial charge in [0.15, 0.2) is 0 Å². The molecule has 0 radical (unpaired) electrons. The van der Waals surface area contributed by atoms with E-state index >= 15 is 0 Å². The molecule has 4 atom stereocenters. The lowest BCUT2D eigenvalue weighted by atomic mass is 10.0. The normalized spacial score (nSPS) is 28.7. The lowest BCUT2D eigenvalue weighted by Crippen LogP contribution is -2.36. The zero-order chi connectivity index (χ0) is 22.6. The van der Waals surface area contributed by atoms with Gasteiger partial charge in [0, 0.05) is 55.2 Å². The summed E-state index contributed by atoms with van der Waals surface area (Å²) in [7, 11) is 0. The summed E-state index contributed by atoms with van der Waals surface area (Å²) in [5.74, 6) is 1.18. The molecule has 2 saturated carbocycles. The van der Waals surface area contributed by atoms with E-state index in [2.05, 4.69) is 28.8 Å². The van der Waals surface area contributed by atoms with Crippen LogP contribution in [0.3, 0.4) is 0 Å². The van der Waals surface area contributed by atoms with Gasteiger partial charge in [-0.25, -0.2) is 4.98 Å². The molecule has 2 aromatic rings. The average Bonchev–Trinajstić information content (AvgIpc) is 3.06. The van der Waals surface area contributed by atoms with Gasteiger partial charge in [0.2, 0.25) is 0 Å². The summed E-state index contributed by atoms with van der Waals surface area (Å²) >= 11 is 0. The maximum atomic E-state index is 13.3. The van der Waals surface area contributed by atoms with Gasteiger partial charge in [0.05, 0.1) is 17.9 Å². The van der Waals surface area contributed by atoms with Gasteiger partial charge in [-0.05, 0) is 57.1 Å². The van der Waals surface area contributed by atoms with Crippen molar-refractivity contribution in [3.05, 3.63) is 29.6 Å². The third kappa shape index (κ3) is 3.90. The zero-order valence-electron chi connectivity index (χ0n) is 18.5. The van der Waals surface area contributed by atoms with Crippen molar-refractivity contribution in [2.24, 2.45) is 11.8 Å². The van der Waals surface area contributed by atoms with E-state index in [9.17, 15) is 13.2 Å². The van der Waals surface area contributed by atoms with Crippen molar-refractivity contribution < 1.29 is 17.9 Å². The van der Waals surface area contributed by atoms with Crippen molar-refractivity contribution >= 4 is 5.82 Å². The number of nitrogens with two attached hydrogens (primary N) is 1. The molecule has 9 heteroatoms. The SMILES string of the molecule is CC(C)n1nc(-c2cnc(N)c(C(F)(F)F)c2)cc1[C@H]1[C@@H]2C[C@H](N3CCCOCC3)C[C@@H]21. The Morgan fingerprint density at radius 3 is 2.56 bits per heavy atom. The molecule has 174 valence electrons. The summed E-state index contributed by atoms with van der Waals surface area (Å²) in [5, 5.41) is 4.68. The Morgan fingerprint density at radius 1 is 1.12 bits per heavy atom. The molecule has 32 heavy (non-hydrogen) atoms. The van der Waals surface area contributed by atoms with Gasteiger partial charge in [0.1, 0.15) is 5.82 Å². The van der Waals surface area contributed by atoms with Crippen LogP contribution in [-0.4, -0.2) is 52.0 Å². The number of hydrogen-bond acceptors (Lipinski definition) is 5. The van der Waals surface area contributed by atoms with Gasteiger partial charge < -0.3 is 10.5 Å².